The summed E-state index contributed by atoms with van der Waals surface area (Å²) >= 11 is 0. The van der Waals surface area contributed by atoms with E-state index in [9.17, 15) is 10.1 Å². The Kier molecular flexibility index (Phi) is 5.16. The van der Waals surface area contributed by atoms with Crippen molar-refractivity contribution in [3.8, 4) is 11.8 Å². The van der Waals surface area contributed by atoms with E-state index < -0.39 is 5.97 Å². The van der Waals surface area contributed by atoms with Crippen molar-refractivity contribution in [3.05, 3.63) is 47.5 Å². The van der Waals surface area contributed by atoms with Gasteiger partial charge in [0.25, 0.3) is 0 Å². The molecule has 0 fully saturated rings. The number of nitriles is 1. The van der Waals surface area contributed by atoms with Gasteiger partial charge < -0.3 is 9.47 Å². The molecular weight excluding hydrogens is 278 g/mol. The topological polar surface area (TPSA) is 59.3 Å². The van der Waals surface area contributed by atoms with E-state index in [-0.39, 0.29) is 12.2 Å². The van der Waals surface area contributed by atoms with E-state index in [4.69, 9.17) is 9.47 Å². The highest BCUT2D eigenvalue weighted by Crippen LogP contribution is 2.30. The number of rotatable bonds is 5. The lowest BCUT2D eigenvalue weighted by Crippen LogP contribution is -2.06. The number of hydrogen-bond acceptors (Lipinski definition) is 4. The molecule has 0 aliphatic carbocycles. The lowest BCUT2D eigenvalue weighted by atomic mass is 10.0. The Labute approximate surface area is 129 Å². The SMILES string of the molecule is CCOC(=O)/C(C#N)=C\c1c(OCC)ccc2ccccc12. The second-order valence-corrected chi connectivity index (χ2v) is 4.52. The van der Waals surface area contributed by atoms with Gasteiger partial charge in [0.15, 0.2) is 0 Å². The second kappa shape index (κ2) is 7.28. The largest absolute Gasteiger partial charge is 0.493 e. The van der Waals surface area contributed by atoms with Crippen LogP contribution < -0.4 is 4.74 Å². The monoisotopic (exact) mass is 295 g/mol. The van der Waals surface area contributed by atoms with E-state index in [1.165, 1.54) is 6.08 Å². The predicted octanol–water partition coefficient (Wildman–Crippen LogP) is 3.71. The summed E-state index contributed by atoms with van der Waals surface area (Å²) in [6, 6.07) is 13.4. The molecule has 0 aliphatic rings. The van der Waals surface area contributed by atoms with Gasteiger partial charge in [-0.05, 0) is 36.8 Å². The Balaban J connectivity index is 2.63. The second-order valence-electron chi connectivity index (χ2n) is 4.52. The number of carbonyl (C=O) groups is 1. The van der Waals surface area contributed by atoms with Crippen molar-refractivity contribution in [1.29, 1.82) is 5.26 Å². The molecule has 22 heavy (non-hydrogen) atoms. The molecule has 0 N–H and O–H groups in total. The summed E-state index contributed by atoms with van der Waals surface area (Å²) in [5, 5.41) is 11.2. The number of nitrogens with zero attached hydrogens (tertiary/aromatic N) is 1. The van der Waals surface area contributed by atoms with Crippen molar-refractivity contribution in [1.82, 2.24) is 0 Å². The van der Waals surface area contributed by atoms with Gasteiger partial charge in [0.1, 0.15) is 17.4 Å². The number of esters is 1. The van der Waals surface area contributed by atoms with Crippen molar-refractivity contribution in [2.75, 3.05) is 13.2 Å². The van der Waals surface area contributed by atoms with Crippen LogP contribution in [0.4, 0.5) is 0 Å². The Morgan fingerprint density at radius 1 is 1.18 bits per heavy atom. The minimum absolute atomic E-state index is 0.0424. The maximum Gasteiger partial charge on any atom is 0.348 e. The molecule has 0 amide bonds. The highest BCUT2D eigenvalue weighted by Gasteiger charge is 2.13. The van der Waals surface area contributed by atoms with Crippen LogP contribution >= 0.6 is 0 Å². The van der Waals surface area contributed by atoms with E-state index >= 15 is 0 Å². The lowest BCUT2D eigenvalue weighted by Gasteiger charge is -2.11. The number of ether oxygens (including phenoxy) is 2. The van der Waals surface area contributed by atoms with Gasteiger partial charge in [-0.1, -0.05) is 30.3 Å². The minimum Gasteiger partial charge on any atom is -0.493 e. The molecule has 0 aromatic heterocycles. The van der Waals surface area contributed by atoms with Gasteiger partial charge in [-0.3, -0.25) is 0 Å². The maximum atomic E-state index is 11.8. The smallest absolute Gasteiger partial charge is 0.348 e. The normalized spacial score (nSPS) is 11.0. The Morgan fingerprint density at radius 2 is 1.95 bits per heavy atom. The van der Waals surface area contributed by atoms with E-state index in [2.05, 4.69) is 0 Å². The van der Waals surface area contributed by atoms with Gasteiger partial charge in [-0.25, -0.2) is 4.79 Å². The molecule has 0 unspecified atom stereocenters. The first-order valence-electron chi connectivity index (χ1n) is 7.14. The van der Waals surface area contributed by atoms with Crippen LogP contribution in [0, 0.1) is 11.3 Å². The molecule has 0 saturated carbocycles. The zero-order chi connectivity index (χ0) is 15.9. The molecule has 2 rings (SSSR count). The highest BCUT2D eigenvalue weighted by molar-refractivity contribution is 6.02. The van der Waals surface area contributed by atoms with E-state index in [0.29, 0.717) is 17.9 Å². The average Bonchev–Trinajstić information content (AvgIpc) is 2.54. The van der Waals surface area contributed by atoms with Crippen LogP contribution in [-0.2, 0) is 9.53 Å². The molecule has 0 aliphatic heterocycles. The predicted molar refractivity (Wildman–Crippen MR) is 85.3 cm³/mol. The van der Waals surface area contributed by atoms with Crippen molar-refractivity contribution in [2.45, 2.75) is 13.8 Å². The fourth-order valence-electron chi connectivity index (χ4n) is 2.20. The van der Waals surface area contributed by atoms with Crippen LogP contribution in [0.3, 0.4) is 0 Å². The molecule has 0 atom stereocenters. The summed E-state index contributed by atoms with van der Waals surface area (Å²) in [6.07, 6.45) is 1.53. The molecule has 4 nitrogen and oxygen atoms in total. The molecule has 112 valence electrons. The fraction of sp³-hybridized carbons (Fsp3) is 0.222. The van der Waals surface area contributed by atoms with Gasteiger partial charge in [0.05, 0.1) is 13.2 Å². The van der Waals surface area contributed by atoms with Crippen LogP contribution in [0.2, 0.25) is 0 Å². The van der Waals surface area contributed by atoms with E-state index in [1.54, 1.807) is 6.92 Å². The Hall–Kier alpha value is -2.80. The number of hydrogen-bond donors (Lipinski definition) is 0. The molecular formula is C18H17NO3. The zero-order valence-electron chi connectivity index (χ0n) is 12.6. The standard InChI is InChI=1S/C18H17NO3/c1-3-21-17-10-9-13-7-5-6-8-15(13)16(17)11-14(12-19)18(20)22-4-2/h5-11H,3-4H2,1-2H3/b14-11-. The van der Waals surface area contributed by atoms with Crippen molar-refractivity contribution in [2.24, 2.45) is 0 Å². The first-order chi connectivity index (χ1) is 10.7. The molecule has 0 saturated heterocycles. The average molecular weight is 295 g/mol. The van der Waals surface area contributed by atoms with Gasteiger partial charge in [-0.2, -0.15) is 5.26 Å². The summed E-state index contributed by atoms with van der Waals surface area (Å²) in [7, 11) is 0. The van der Waals surface area contributed by atoms with Crippen LogP contribution in [0.5, 0.6) is 5.75 Å². The van der Waals surface area contributed by atoms with E-state index in [0.717, 1.165) is 10.8 Å². The van der Waals surface area contributed by atoms with Crippen LogP contribution in [0.15, 0.2) is 42.0 Å². The van der Waals surface area contributed by atoms with Gasteiger partial charge in [0.2, 0.25) is 0 Å². The van der Waals surface area contributed by atoms with Crippen LogP contribution in [-0.4, -0.2) is 19.2 Å². The van der Waals surface area contributed by atoms with E-state index in [1.807, 2.05) is 49.4 Å². The number of benzene rings is 2. The van der Waals surface area contributed by atoms with Gasteiger partial charge in [0, 0.05) is 5.56 Å². The molecule has 0 radical (unpaired) electrons. The third-order valence-electron chi connectivity index (χ3n) is 3.13. The molecule has 4 heteroatoms. The summed E-state index contributed by atoms with van der Waals surface area (Å²) in [5.41, 5.74) is 0.670. The fourth-order valence-corrected chi connectivity index (χ4v) is 2.20. The lowest BCUT2D eigenvalue weighted by molar-refractivity contribution is -0.137. The Morgan fingerprint density at radius 3 is 2.64 bits per heavy atom. The minimum atomic E-state index is -0.625. The van der Waals surface area contributed by atoms with Crippen LogP contribution in [0.25, 0.3) is 16.8 Å². The quantitative estimate of drug-likeness (QED) is 0.479. The summed E-state index contributed by atoms with van der Waals surface area (Å²) in [4.78, 5) is 11.8. The third kappa shape index (κ3) is 3.26. The highest BCUT2D eigenvalue weighted by atomic mass is 16.5. The van der Waals surface area contributed by atoms with Crippen molar-refractivity contribution >= 4 is 22.8 Å². The Bertz CT molecular complexity index is 757. The number of carbonyl (C=O) groups excluding carboxylic acids is 1. The third-order valence-corrected chi connectivity index (χ3v) is 3.13. The molecule has 0 spiro atoms. The summed E-state index contributed by atoms with van der Waals surface area (Å²) in [5.74, 6) is 0.0126. The molecule has 0 bridgehead atoms. The first kappa shape index (κ1) is 15.6. The first-order valence-corrected chi connectivity index (χ1v) is 7.14. The molecule has 2 aromatic carbocycles. The molecule has 2 aromatic rings. The van der Waals surface area contributed by atoms with Crippen molar-refractivity contribution in [3.63, 3.8) is 0 Å². The van der Waals surface area contributed by atoms with Crippen molar-refractivity contribution < 1.29 is 14.3 Å². The van der Waals surface area contributed by atoms with Gasteiger partial charge in [-0.15, -0.1) is 0 Å². The zero-order valence-corrected chi connectivity index (χ0v) is 12.6. The van der Waals surface area contributed by atoms with Gasteiger partial charge >= 0.3 is 5.97 Å². The number of fused-ring (bicyclic) bond motifs is 1. The maximum absolute atomic E-state index is 11.8. The summed E-state index contributed by atoms with van der Waals surface area (Å²) < 4.78 is 10.5. The van der Waals surface area contributed by atoms with Crippen LogP contribution in [0.1, 0.15) is 19.4 Å². The molecule has 0 heterocycles. The summed E-state index contributed by atoms with van der Waals surface area (Å²) in [6.45, 7) is 4.32.